The third kappa shape index (κ3) is 5.39. The van der Waals surface area contributed by atoms with Crippen LogP contribution in [0.2, 0.25) is 5.02 Å². The van der Waals surface area contributed by atoms with E-state index in [-0.39, 0.29) is 5.82 Å². The monoisotopic (exact) mass is 351 g/mol. The lowest BCUT2D eigenvalue weighted by molar-refractivity contribution is 0.269. The van der Waals surface area contributed by atoms with Gasteiger partial charge in [0.15, 0.2) is 11.5 Å². The van der Waals surface area contributed by atoms with Gasteiger partial charge < -0.3 is 14.8 Å². The van der Waals surface area contributed by atoms with Crippen LogP contribution >= 0.6 is 11.6 Å². The van der Waals surface area contributed by atoms with E-state index in [2.05, 4.69) is 19.2 Å². The molecule has 24 heavy (non-hydrogen) atoms. The van der Waals surface area contributed by atoms with Gasteiger partial charge in [0.25, 0.3) is 0 Å². The number of hydrogen-bond acceptors (Lipinski definition) is 3. The zero-order valence-electron chi connectivity index (χ0n) is 14.2. The molecule has 0 bridgehead atoms. The first-order valence-electron chi connectivity index (χ1n) is 8.05. The average Bonchev–Trinajstić information content (AvgIpc) is 2.55. The van der Waals surface area contributed by atoms with Crippen molar-refractivity contribution in [2.24, 2.45) is 0 Å². The molecule has 0 radical (unpaired) electrons. The lowest BCUT2D eigenvalue weighted by Gasteiger charge is -2.16. The molecule has 1 N–H and O–H groups in total. The molecule has 0 unspecified atom stereocenters. The van der Waals surface area contributed by atoms with Crippen molar-refractivity contribution in [3.8, 4) is 11.5 Å². The Labute approximate surface area is 147 Å². The molecule has 0 saturated carbocycles. The average molecular weight is 352 g/mol. The summed E-state index contributed by atoms with van der Waals surface area (Å²) in [7, 11) is 0. The Morgan fingerprint density at radius 1 is 1.08 bits per heavy atom. The highest BCUT2D eigenvalue weighted by Gasteiger charge is 2.12. The van der Waals surface area contributed by atoms with Crippen LogP contribution in [0.4, 0.5) is 4.39 Å². The maximum atomic E-state index is 13.0. The molecule has 0 aliphatic heterocycles. The van der Waals surface area contributed by atoms with E-state index in [9.17, 15) is 4.39 Å². The molecule has 2 rings (SSSR count). The number of rotatable bonds is 8. The van der Waals surface area contributed by atoms with Gasteiger partial charge in [-0.25, -0.2) is 4.39 Å². The number of ether oxygens (including phenoxy) is 2. The SMILES string of the molecule is CCOc1cc(CNC(C)C)c(Cl)cc1OCc1ccc(F)cc1. The molecule has 130 valence electrons. The van der Waals surface area contributed by atoms with Gasteiger partial charge in [-0.1, -0.05) is 37.6 Å². The summed E-state index contributed by atoms with van der Waals surface area (Å²) in [6.07, 6.45) is 0. The van der Waals surface area contributed by atoms with E-state index in [1.807, 2.05) is 13.0 Å². The molecule has 0 spiro atoms. The number of hydrogen-bond donors (Lipinski definition) is 1. The van der Waals surface area contributed by atoms with Gasteiger partial charge >= 0.3 is 0 Å². The minimum atomic E-state index is -0.265. The second-order valence-corrected chi connectivity index (χ2v) is 6.18. The van der Waals surface area contributed by atoms with E-state index in [0.717, 1.165) is 11.1 Å². The van der Waals surface area contributed by atoms with Crippen LogP contribution in [-0.2, 0) is 13.2 Å². The molecule has 0 saturated heterocycles. The van der Waals surface area contributed by atoms with Gasteiger partial charge in [-0.05, 0) is 36.2 Å². The van der Waals surface area contributed by atoms with E-state index >= 15 is 0 Å². The van der Waals surface area contributed by atoms with Gasteiger partial charge in [-0.2, -0.15) is 0 Å². The van der Waals surface area contributed by atoms with E-state index in [1.54, 1.807) is 18.2 Å². The number of benzene rings is 2. The molecule has 0 aromatic heterocycles. The van der Waals surface area contributed by atoms with Crippen LogP contribution in [0.1, 0.15) is 31.9 Å². The van der Waals surface area contributed by atoms with Crippen LogP contribution in [0.3, 0.4) is 0 Å². The number of halogens is 2. The molecule has 2 aromatic carbocycles. The predicted octanol–water partition coefficient (Wildman–Crippen LogP) is 4.95. The highest BCUT2D eigenvalue weighted by atomic mass is 35.5. The summed E-state index contributed by atoms with van der Waals surface area (Å²) in [6.45, 7) is 7.60. The van der Waals surface area contributed by atoms with Gasteiger partial charge in [0, 0.05) is 23.7 Å². The van der Waals surface area contributed by atoms with Crippen molar-refractivity contribution >= 4 is 11.6 Å². The molecule has 2 aromatic rings. The molecule has 0 aliphatic rings. The zero-order valence-corrected chi connectivity index (χ0v) is 15.0. The van der Waals surface area contributed by atoms with Crippen molar-refractivity contribution in [3.63, 3.8) is 0 Å². The minimum Gasteiger partial charge on any atom is -0.490 e. The highest BCUT2D eigenvalue weighted by molar-refractivity contribution is 6.31. The van der Waals surface area contributed by atoms with Crippen molar-refractivity contribution < 1.29 is 13.9 Å². The first-order chi connectivity index (χ1) is 11.5. The van der Waals surface area contributed by atoms with Crippen LogP contribution in [0.5, 0.6) is 11.5 Å². The largest absolute Gasteiger partial charge is 0.490 e. The van der Waals surface area contributed by atoms with Crippen molar-refractivity contribution in [3.05, 3.63) is 58.4 Å². The topological polar surface area (TPSA) is 30.5 Å². The van der Waals surface area contributed by atoms with Crippen molar-refractivity contribution in [2.45, 2.75) is 40.0 Å². The van der Waals surface area contributed by atoms with Crippen molar-refractivity contribution in [1.82, 2.24) is 5.32 Å². The van der Waals surface area contributed by atoms with Crippen molar-refractivity contribution in [2.75, 3.05) is 6.61 Å². The molecule has 5 heteroatoms. The van der Waals surface area contributed by atoms with Crippen LogP contribution < -0.4 is 14.8 Å². The maximum Gasteiger partial charge on any atom is 0.163 e. The predicted molar refractivity (Wildman–Crippen MR) is 95.3 cm³/mol. The molecule has 3 nitrogen and oxygen atoms in total. The Morgan fingerprint density at radius 2 is 1.75 bits per heavy atom. The summed E-state index contributed by atoms with van der Waals surface area (Å²) in [5, 5.41) is 3.96. The lowest BCUT2D eigenvalue weighted by atomic mass is 10.2. The molecule has 0 aliphatic carbocycles. The quantitative estimate of drug-likeness (QED) is 0.729. The standard InChI is InChI=1S/C19H23ClFNO2/c1-4-23-18-9-15(11-22-13(2)3)17(20)10-19(18)24-12-14-5-7-16(21)8-6-14/h5-10,13,22H,4,11-12H2,1-3H3. The minimum absolute atomic E-state index is 0.265. The van der Waals surface area contributed by atoms with Gasteiger partial charge in [0.2, 0.25) is 0 Å². The summed E-state index contributed by atoms with van der Waals surface area (Å²) >= 11 is 6.36. The van der Waals surface area contributed by atoms with Gasteiger partial charge in [0.05, 0.1) is 6.61 Å². The van der Waals surface area contributed by atoms with E-state index < -0.39 is 0 Å². The molecule has 0 heterocycles. The fourth-order valence-electron chi connectivity index (χ4n) is 2.15. The molecule has 0 fully saturated rings. The van der Waals surface area contributed by atoms with Gasteiger partial charge in [-0.3, -0.25) is 0 Å². The highest BCUT2D eigenvalue weighted by Crippen LogP contribution is 2.34. The van der Waals surface area contributed by atoms with Gasteiger partial charge in [-0.15, -0.1) is 0 Å². The lowest BCUT2D eigenvalue weighted by Crippen LogP contribution is -2.22. The van der Waals surface area contributed by atoms with Crippen LogP contribution in [0, 0.1) is 5.82 Å². The Morgan fingerprint density at radius 3 is 2.38 bits per heavy atom. The first kappa shape index (κ1) is 18.6. The van der Waals surface area contributed by atoms with Crippen LogP contribution in [-0.4, -0.2) is 12.6 Å². The smallest absolute Gasteiger partial charge is 0.163 e. The summed E-state index contributed by atoms with van der Waals surface area (Å²) < 4.78 is 24.5. The van der Waals surface area contributed by atoms with Crippen LogP contribution in [0.25, 0.3) is 0 Å². The van der Waals surface area contributed by atoms with Crippen LogP contribution in [0.15, 0.2) is 36.4 Å². The van der Waals surface area contributed by atoms with E-state index in [4.69, 9.17) is 21.1 Å². The second-order valence-electron chi connectivity index (χ2n) is 5.77. The maximum absolute atomic E-state index is 13.0. The fourth-order valence-corrected chi connectivity index (χ4v) is 2.37. The normalized spacial score (nSPS) is 10.9. The Hall–Kier alpha value is -1.78. The Balaban J connectivity index is 2.15. The Bertz CT molecular complexity index is 659. The van der Waals surface area contributed by atoms with Gasteiger partial charge in [0.1, 0.15) is 12.4 Å². The first-order valence-corrected chi connectivity index (χ1v) is 8.43. The zero-order chi connectivity index (χ0) is 17.5. The van der Waals surface area contributed by atoms with E-state index in [1.165, 1.54) is 12.1 Å². The summed E-state index contributed by atoms with van der Waals surface area (Å²) in [4.78, 5) is 0. The fraction of sp³-hybridized carbons (Fsp3) is 0.368. The third-order valence-corrected chi connectivity index (χ3v) is 3.77. The summed E-state index contributed by atoms with van der Waals surface area (Å²) in [5.41, 5.74) is 1.84. The second kappa shape index (κ2) is 8.90. The third-order valence-electron chi connectivity index (χ3n) is 3.42. The number of nitrogens with one attached hydrogen (secondary N) is 1. The van der Waals surface area contributed by atoms with E-state index in [0.29, 0.717) is 42.3 Å². The molecular formula is C19H23ClFNO2. The molecular weight excluding hydrogens is 329 g/mol. The molecule has 0 atom stereocenters. The molecule has 0 amide bonds. The Kier molecular flexibility index (Phi) is 6.88. The summed E-state index contributed by atoms with van der Waals surface area (Å²) in [5.74, 6) is 0.975. The van der Waals surface area contributed by atoms with Crippen molar-refractivity contribution in [1.29, 1.82) is 0 Å². The summed E-state index contributed by atoms with van der Waals surface area (Å²) in [6, 6.07) is 10.3.